The Bertz CT molecular complexity index is 1390. The van der Waals surface area contributed by atoms with Crippen LogP contribution >= 0.6 is 0 Å². The van der Waals surface area contributed by atoms with E-state index in [1.54, 1.807) is 13.3 Å². The number of nitrogens with zero attached hydrogens (tertiary/aromatic N) is 5. The quantitative estimate of drug-likeness (QED) is 0.483. The maximum atomic E-state index is 13.4. The van der Waals surface area contributed by atoms with Gasteiger partial charge in [0.1, 0.15) is 0 Å². The molecule has 1 amide bonds. The van der Waals surface area contributed by atoms with Gasteiger partial charge in [-0.1, -0.05) is 0 Å². The lowest BCUT2D eigenvalue weighted by Crippen LogP contribution is -2.54. The number of carbonyl (C=O) groups excluding carboxylic acids is 1. The third-order valence-electron chi connectivity index (χ3n) is 6.13. The van der Waals surface area contributed by atoms with E-state index in [9.17, 15) is 4.79 Å². The Kier molecular flexibility index (Phi) is 5.57. The van der Waals surface area contributed by atoms with Crippen LogP contribution in [0.5, 0.6) is 5.88 Å². The first-order valence-electron chi connectivity index (χ1n) is 11.5. The average Bonchev–Trinajstić information content (AvgIpc) is 3.19. The van der Waals surface area contributed by atoms with Crippen LogP contribution in [0.3, 0.4) is 0 Å². The molecule has 0 spiro atoms. The number of pyridine rings is 1. The number of fused-ring (bicyclic) bond motifs is 2. The number of hydrogen-bond acceptors (Lipinski definition) is 7. The van der Waals surface area contributed by atoms with Crippen molar-refractivity contribution >= 4 is 34.0 Å². The molecular weight excluding hydrogens is 430 g/mol. The number of rotatable bonds is 4. The fourth-order valence-corrected chi connectivity index (χ4v) is 4.83. The van der Waals surface area contributed by atoms with Crippen LogP contribution in [0.25, 0.3) is 16.6 Å². The topological polar surface area (TPSA) is 96.7 Å². The van der Waals surface area contributed by atoms with E-state index in [0.717, 1.165) is 35.6 Å². The number of aromatic nitrogens is 4. The zero-order chi connectivity index (χ0) is 24.0. The number of nitrogens with one attached hydrogen (secondary N) is 2. The molecule has 1 fully saturated rings. The van der Waals surface area contributed by atoms with Gasteiger partial charge in [0.05, 0.1) is 35.8 Å². The Morgan fingerprint density at radius 1 is 1.06 bits per heavy atom. The molecule has 176 valence electrons. The van der Waals surface area contributed by atoms with Gasteiger partial charge in [-0.2, -0.15) is 0 Å². The van der Waals surface area contributed by atoms with E-state index < -0.39 is 0 Å². The standard InChI is InChI=1S/C25H29N7O2/c1-14-10-31(11-15(2)26-14)20-8-6-19(23-18(20)7-9-22(30-23)34-5)25(33)29-21-13-32-12-16(3)27-17(4)24(32)28-21/h6-9,12-15,26H,10-11H2,1-5H3,(H,29,33). The van der Waals surface area contributed by atoms with Crippen molar-refractivity contribution in [3.8, 4) is 5.88 Å². The Morgan fingerprint density at radius 3 is 2.56 bits per heavy atom. The molecule has 4 heterocycles. The smallest absolute Gasteiger partial charge is 0.259 e. The number of piperazine rings is 1. The molecular formula is C25H29N7O2. The van der Waals surface area contributed by atoms with Gasteiger partial charge in [0.25, 0.3) is 5.91 Å². The highest BCUT2D eigenvalue weighted by molar-refractivity contribution is 6.13. The minimum absolute atomic E-state index is 0.273. The molecule has 1 aromatic carbocycles. The van der Waals surface area contributed by atoms with Gasteiger partial charge in [0.15, 0.2) is 11.5 Å². The monoisotopic (exact) mass is 459 g/mol. The van der Waals surface area contributed by atoms with Crippen molar-refractivity contribution in [2.75, 3.05) is 30.4 Å². The molecule has 4 aromatic rings. The number of benzene rings is 1. The molecule has 1 aliphatic heterocycles. The van der Waals surface area contributed by atoms with E-state index in [2.05, 4.69) is 44.3 Å². The highest BCUT2D eigenvalue weighted by Crippen LogP contribution is 2.32. The molecule has 2 atom stereocenters. The van der Waals surface area contributed by atoms with Gasteiger partial charge in [-0.25, -0.2) is 9.97 Å². The Balaban J connectivity index is 1.54. The van der Waals surface area contributed by atoms with Crippen LogP contribution in [0.15, 0.2) is 36.7 Å². The summed E-state index contributed by atoms with van der Waals surface area (Å²) in [7, 11) is 1.58. The molecule has 0 radical (unpaired) electrons. The number of aryl methyl sites for hydroxylation is 2. The maximum Gasteiger partial charge on any atom is 0.259 e. The van der Waals surface area contributed by atoms with Gasteiger partial charge in [-0.15, -0.1) is 0 Å². The van der Waals surface area contributed by atoms with E-state index in [1.807, 2.05) is 48.7 Å². The summed E-state index contributed by atoms with van der Waals surface area (Å²) >= 11 is 0. The average molecular weight is 460 g/mol. The second kappa shape index (κ2) is 8.57. The van der Waals surface area contributed by atoms with Gasteiger partial charge in [0.2, 0.25) is 5.88 Å². The highest BCUT2D eigenvalue weighted by atomic mass is 16.5. The number of carbonyl (C=O) groups is 1. The first-order chi connectivity index (χ1) is 16.3. The van der Waals surface area contributed by atoms with Gasteiger partial charge in [-0.3, -0.25) is 9.78 Å². The lowest BCUT2D eigenvalue weighted by molar-refractivity contribution is 0.102. The zero-order valence-corrected chi connectivity index (χ0v) is 20.1. The molecule has 9 heteroatoms. The molecule has 0 aliphatic carbocycles. The second-order valence-electron chi connectivity index (χ2n) is 9.03. The summed E-state index contributed by atoms with van der Waals surface area (Å²) in [5, 5.41) is 7.42. The number of imidazole rings is 1. The van der Waals surface area contributed by atoms with Crippen LogP contribution in [-0.4, -0.2) is 57.5 Å². The van der Waals surface area contributed by atoms with Crippen LogP contribution in [0.4, 0.5) is 11.5 Å². The second-order valence-corrected chi connectivity index (χ2v) is 9.03. The summed E-state index contributed by atoms with van der Waals surface area (Å²) in [6.45, 7) is 9.96. The minimum atomic E-state index is -0.273. The van der Waals surface area contributed by atoms with E-state index >= 15 is 0 Å². The summed E-state index contributed by atoms with van der Waals surface area (Å²) < 4.78 is 7.25. The van der Waals surface area contributed by atoms with Crippen LogP contribution in [0.1, 0.15) is 35.6 Å². The Hall–Kier alpha value is -3.72. The van der Waals surface area contributed by atoms with Gasteiger partial charge >= 0.3 is 0 Å². The van der Waals surface area contributed by atoms with Crippen molar-refractivity contribution in [3.05, 3.63) is 53.6 Å². The van der Waals surface area contributed by atoms with Crippen LogP contribution in [0.2, 0.25) is 0 Å². The Labute approximate surface area is 198 Å². The van der Waals surface area contributed by atoms with E-state index in [4.69, 9.17) is 4.74 Å². The van der Waals surface area contributed by atoms with Crippen molar-refractivity contribution in [2.24, 2.45) is 0 Å². The molecule has 34 heavy (non-hydrogen) atoms. The van der Waals surface area contributed by atoms with Gasteiger partial charge < -0.3 is 24.7 Å². The lowest BCUT2D eigenvalue weighted by Gasteiger charge is -2.38. The summed E-state index contributed by atoms with van der Waals surface area (Å²) in [6, 6.07) is 8.39. The van der Waals surface area contributed by atoms with E-state index in [0.29, 0.717) is 40.5 Å². The van der Waals surface area contributed by atoms with Crippen LogP contribution in [0, 0.1) is 13.8 Å². The Morgan fingerprint density at radius 2 is 1.82 bits per heavy atom. The van der Waals surface area contributed by atoms with E-state index in [1.165, 1.54) is 0 Å². The fourth-order valence-electron chi connectivity index (χ4n) is 4.83. The van der Waals surface area contributed by atoms with Crippen molar-refractivity contribution in [1.82, 2.24) is 24.7 Å². The number of anilines is 2. The third kappa shape index (κ3) is 4.03. The first-order valence-corrected chi connectivity index (χ1v) is 11.5. The summed E-state index contributed by atoms with van der Waals surface area (Å²) in [4.78, 5) is 29.4. The fraction of sp³-hybridized carbons (Fsp3) is 0.360. The molecule has 1 saturated heterocycles. The molecule has 3 aromatic heterocycles. The molecule has 1 aliphatic rings. The van der Waals surface area contributed by atoms with Crippen LogP contribution in [-0.2, 0) is 0 Å². The largest absolute Gasteiger partial charge is 0.481 e. The van der Waals surface area contributed by atoms with E-state index in [-0.39, 0.29) is 5.91 Å². The van der Waals surface area contributed by atoms with Crippen LogP contribution < -0.4 is 20.3 Å². The summed E-state index contributed by atoms with van der Waals surface area (Å²) in [6.07, 6.45) is 3.68. The van der Waals surface area contributed by atoms with Crippen molar-refractivity contribution in [2.45, 2.75) is 39.8 Å². The molecule has 0 saturated carbocycles. The molecule has 9 nitrogen and oxygen atoms in total. The van der Waals surface area contributed by atoms with Crippen molar-refractivity contribution in [3.63, 3.8) is 0 Å². The number of ether oxygens (including phenoxy) is 1. The molecule has 2 N–H and O–H groups in total. The number of amides is 1. The zero-order valence-electron chi connectivity index (χ0n) is 20.1. The molecule has 5 rings (SSSR count). The minimum Gasteiger partial charge on any atom is -0.481 e. The van der Waals surface area contributed by atoms with Crippen molar-refractivity contribution < 1.29 is 9.53 Å². The molecule has 2 unspecified atom stereocenters. The van der Waals surface area contributed by atoms with Gasteiger partial charge in [0, 0.05) is 48.5 Å². The maximum absolute atomic E-state index is 13.4. The summed E-state index contributed by atoms with van der Waals surface area (Å²) in [5.74, 6) is 0.654. The van der Waals surface area contributed by atoms with Gasteiger partial charge in [-0.05, 0) is 45.9 Å². The normalized spacial score (nSPS) is 18.4. The predicted octanol–water partition coefficient (Wildman–Crippen LogP) is 3.34. The highest BCUT2D eigenvalue weighted by Gasteiger charge is 2.24. The molecule has 0 bridgehead atoms. The number of hydrogen-bond donors (Lipinski definition) is 2. The number of methoxy groups -OCH3 is 1. The lowest BCUT2D eigenvalue weighted by atomic mass is 10.0. The SMILES string of the molecule is COc1ccc2c(N3CC(C)NC(C)C3)ccc(C(=O)Nc3cn4cc(C)nc(C)c4n3)c2n1. The summed E-state index contributed by atoms with van der Waals surface area (Å²) in [5.41, 5.74) is 4.54. The third-order valence-corrected chi connectivity index (χ3v) is 6.13. The first kappa shape index (κ1) is 22.1. The van der Waals surface area contributed by atoms with Crippen molar-refractivity contribution in [1.29, 1.82) is 0 Å². The predicted molar refractivity (Wildman–Crippen MR) is 133 cm³/mol.